The van der Waals surface area contributed by atoms with Crippen molar-refractivity contribution in [3.05, 3.63) is 29.8 Å². The lowest BCUT2D eigenvalue weighted by Crippen LogP contribution is -2.36. The largest absolute Gasteiger partial charge is 0.492 e. The van der Waals surface area contributed by atoms with Gasteiger partial charge >= 0.3 is 0 Å². The Balaban J connectivity index is 2.49. The van der Waals surface area contributed by atoms with E-state index < -0.39 is 0 Å². The molecule has 0 saturated heterocycles. The molecule has 0 aromatic heterocycles. The van der Waals surface area contributed by atoms with E-state index in [0.29, 0.717) is 6.61 Å². The molecule has 0 spiro atoms. The highest BCUT2D eigenvalue weighted by atomic mass is 16.5. The van der Waals surface area contributed by atoms with Crippen molar-refractivity contribution in [3.8, 4) is 5.75 Å². The molecule has 1 unspecified atom stereocenters. The normalized spacial score (nSPS) is 12.4. The van der Waals surface area contributed by atoms with Gasteiger partial charge in [-0.3, -0.25) is 0 Å². The van der Waals surface area contributed by atoms with Crippen LogP contribution in [0.4, 0.5) is 0 Å². The molecule has 1 aromatic rings. The van der Waals surface area contributed by atoms with E-state index in [1.54, 1.807) is 0 Å². The zero-order valence-corrected chi connectivity index (χ0v) is 11.5. The third-order valence-corrected chi connectivity index (χ3v) is 2.95. The van der Waals surface area contributed by atoms with Crippen LogP contribution in [-0.4, -0.2) is 30.9 Å². The second kappa shape index (κ2) is 8.95. The van der Waals surface area contributed by atoms with Crippen molar-refractivity contribution in [1.82, 2.24) is 5.32 Å². The lowest BCUT2D eigenvalue weighted by Gasteiger charge is -2.19. The lowest BCUT2D eigenvalue weighted by molar-refractivity contribution is 0.213. The van der Waals surface area contributed by atoms with Crippen LogP contribution in [0.15, 0.2) is 24.3 Å². The summed E-state index contributed by atoms with van der Waals surface area (Å²) in [5.41, 5.74) is 1.23. The lowest BCUT2D eigenvalue weighted by atomic mass is 10.1. The Hall–Kier alpha value is -1.06. The Morgan fingerprint density at radius 2 is 2.06 bits per heavy atom. The van der Waals surface area contributed by atoms with Crippen molar-refractivity contribution in [1.29, 1.82) is 0 Å². The number of hydrogen-bond donors (Lipinski definition) is 2. The maximum atomic E-state index is 9.04. The van der Waals surface area contributed by atoms with Gasteiger partial charge in [-0.05, 0) is 37.4 Å². The van der Waals surface area contributed by atoms with Crippen LogP contribution in [0.2, 0.25) is 0 Å². The molecular weight excluding hydrogens is 226 g/mol. The van der Waals surface area contributed by atoms with Crippen molar-refractivity contribution in [2.75, 3.05) is 19.8 Å². The molecule has 0 aliphatic carbocycles. The average Bonchev–Trinajstić information content (AvgIpc) is 2.42. The van der Waals surface area contributed by atoms with Gasteiger partial charge in [0.25, 0.3) is 0 Å². The van der Waals surface area contributed by atoms with Crippen LogP contribution in [0.25, 0.3) is 0 Å². The van der Waals surface area contributed by atoms with E-state index in [9.17, 15) is 0 Å². The third kappa shape index (κ3) is 5.07. The molecule has 0 fully saturated rings. The maximum absolute atomic E-state index is 9.04. The van der Waals surface area contributed by atoms with Gasteiger partial charge < -0.3 is 15.2 Å². The standard InChI is InChI=1S/C15H25NO2/c1-3-10-16-14(9-11-17)12-18-15-8-6-5-7-13(15)4-2/h5-8,14,16-17H,3-4,9-12H2,1-2H3. The SMILES string of the molecule is CCCNC(CCO)COc1ccccc1CC. The first-order valence-corrected chi connectivity index (χ1v) is 6.86. The van der Waals surface area contributed by atoms with Gasteiger partial charge in [0.1, 0.15) is 12.4 Å². The highest BCUT2D eigenvalue weighted by Gasteiger charge is 2.09. The number of aliphatic hydroxyl groups excluding tert-OH is 1. The first-order valence-electron chi connectivity index (χ1n) is 6.86. The van der Waals surface area contributed by atoms with E-state index in [4.69, 9.17) is 9.84 Å². The molecule has 0 aliphatic heterocycles. The fourth-order valence-corrected chi connectivity index (χ4v) is 1.88. The van der Waals surface area contributed by atoms with Crippen molar-refractivity contribution in [2.45, 2.75) is 39.2 Å². The molecule has 0 amide bonds. The number of aryl methyl sites for hydroxylation is 1. The van der Waals surface area contributed by atoms with Crippen LogP contribution in [-0.2, 0) is 6.42 Å². The Labute approximate surface area is 110 Å². The molecule has 3 heteroatoms. The smallest absolute Gasteiger partial charge is 0.122 e. The van der Waals surface area contributed by atoms with Crippen molar-refractivity contribution < 1.29 is 9.84 Å². The Morgan fingerprint density at radius 3 is 2.72 bits per heavy atom. The van der Waals surface area contributed by atoms with Gasteiger partial charge in [-0.15, -0.1) is 0 Å². The van der Waals surface area contributed by atoms with Gasteiger partial charge in [-0.25, -0.2) is 0 Å². The van der Waals surface area contributed by atoms with Crippen LogP contribution in [0.5, 0.6) is 5.75 Å². The number of benzene rings is 1. The summed E-state index contributed by atoms with van der Waals surface area (Å²) in [5, 5.41) is 12.4. The van der Waals surface area contributed by atoms with Crippen LogP contribution in [0.3, 0.4) is 0 Å². The second-order valence-corrected chi connectivity index (χ2v) is 4.44. The quantitative estimate of drug-likeness (QED) is 0.708. The number of rotatable bonds is 9. The van der Waals surface area contributed by atoms with Crippen molar-refractivity contribution in [2.24, 2.45) is 0 Å². The van der Waals surface area contributed by atoms with Gasteiger partial charge in [0.2, 0.25) is 0 Å². The van der Waals surface area contributed by atoms with Crippen LogP contribution >= 0.6 is 0 Å². The van der Waals surface area contributed by atoms with Gasteiger partial charge in [0.05, 0.1) is 0 Å². The van der Waals surface area contributed by atoms with Crippen molar-refractivity contribution in [3.63, 3.8) is 0 Å². The third-order valence-electron chi connectivity index (χ3n) is 2.95. The molecule has 0 heterocycles. The van der Waals surface area contributed by atoms with E-state index in [0.717, 1.165) is 31.6 Å². The maximum Gasteiger partial charge on any atom is 0.122 e. The molecule has 0 aliphatic rings. The van der Waals surface area contributed by atoms with E-state index in [-0.39, 0.29) is 12.6 Å². The number of para-hydroxylation sites is 1. The van der Waals surface area contributed by atoms with E-state index in [1.165, 1.54) is 5.56 Å². The van der Waals surface area contributed by atoms with E-state index in [1.807, 2.05) is 18.2 Å². The highest BCUT2D eigenvalue weighted by Crippen LogP contribution is 2.18. The summed E-state index contributed by atoms with van der Waals surface area (Å²) in [6.45, 7) is 6.03. The van der Waals surface area contributed by atoms with Crippen LogP contribution in [0.1, 0.15) is 32.3 Å². The summed E-state index contributed by atoms with van der Waals surface area (Å²) in [4.78, 5) is 0. The fraction of sp³-hybridized carbons (Fsp3) is 0.600. The summed E-state index contributed by atoms with van der Waals surface area (Å²) >= 11 is 0. The molecule has 1 rings (SSSR count). The average molecular weight is 251 g/mol. The minimum atomic E-state index is 0.195. The minimum absolute atomic E-state index is 0.195. The van der Waals surface area contributed by atoms with E-state index in [2.05, 4.69) is 25.2 Å². The fourth-order valence-electron chi connectivity index (χ4n) is 1.88. The summed E-state index contributed by atoms with van der Waals surface area (Å²) < 4.78 is 5.87. The summed E-state index contributed by atoms with van der Waals surface area (Å²) in [5.74, 6) is 0.959. The Morgan fingerprint density at radius 1 is 1.28 bits per heavy atom. The van der Waals surface area contributed by atoms with Crippen LogP contribution < -0.4 is 10.1 Å². The molecule has 3 nitrogen and oxygen atoms in total. The molecule has 102 valence electrons. The van der Waals surface area contributed by atoms with E-state index >= 15 is 0 Å². The molecule has 18 heavy (non-hydrogen) atoms. The zero-order valence-electron chi connectivity index (χ0n) is 11.5. The molecular formula is C15H25NO2. The zero-order chi connectivity index (χ0) is 13.2. The molecule has 0 bridgehead atoms. The first-order chi connectivity index (χ1) is 8.81. The number of nitrogens with one attached hydrogen (secondary N) is 1. The van der Waals surface area contributed by atoms with Gasteiger partial charge in [0.15, 0.2) is 0 Å². The highest BCUT2D eigenvalue weighted by molar-refractivity contribution is 5.33. The first kappa shape index (κ1) is 15.0. The molecule has 0 radical (unpaired) electrons. The van der Waals surface area contributed by atoms with Gasteiger partial charge in [-0.1, -0.05) is 32.0 Å². The number of hydrogen-bond acceptors (Lipinski definition) is 3. The van der Waals surface area contributed by atoms with Gasteiger partial charge in [-0.2, -0.15) is 0 Å². The van der Waals surface area contributed by atoms with Gasteiger partial charge in [0, 0.05) is 12.6 Å². The summed E-state index contributed by atoms with van der Waals surface area (Å²) in [7, 11) is 0. The predicted octanol–water partition coefficient (Wildman–Crippen LogP) is 2.38. The Kier molecular flexibility index (Phi) is 7.46. The monoisotopic (exact) mass is 251 g/mol. The summed E-state index contributed by atoms with van der Waals surface area (Å²) in [6.07, 6.45) is 2.80. The van der Waals surface area contributed by atoms with Crippen molar-refractivity contribution >= 4 is 0 Å². The molecule has 1 atom stereocenters. The predicted molar refractivity (Wildman–Crippen MR) is 75.1 cm³/mol. The minimum Gasteiger partial charge on any atom is -0.492 e. The topological polar surface area (TPSA) is 41.5 Å². The number of ether oxygens (including phenoxy) is 1. The summed E-state index contributed by atoms with van der Waals surface area (Å²) in [6, 6.07) is 8.35. The molecule has 1 aromatic carbocycles. The second-order valence-electron chi connectivity index (χ2n) is 4.44. The molecule has 0 saturated carbocycles. The Bertz CT molecular complexity index is 328. The molecule has 2 N–H and O–H groups in total. The number of aliphatic hydroxyl groups is 1. The van der Waals surface area contributed by atoms with Crippen LogP contribution in [0, 0.1) is 0 Å².